The maximum Gasteiger partial charge on any atom is 0.280 e. The van der Waals surface area contributed by atoms with Gasteiger partial charge in [-0.05, 0) is 18.2 Å². The van der Waals surface area contributed by atoms with E-state index in [4.69, 9.17) is 11.6 Å². The average molecular weight is 250 g/mol. The Kier molecular flexibility index (Phi) is 2.71. The molecule has 0 saturated heterocycles. The van der Waals surface area contributed by atoms with Crippen LogP contribution >= 0.6 is 11.6 Å². The molecule has 0 fully saturated rings. The summed E-state index contributed by atoms with van der Waals surface area (Å²) in [6.07, 6.45) is -2.88. The van der Waals surface area contributed by atoms with Gasteiger partial charge in [-0.15, -0.1) is 0 Å². The van der Waals surface area contributed by atoms with E-state index >= 15 is 0 Å². The first-order valence-corrected chi connectivity index (χ1v) is 4.61. The highest BCUT2D eigenvalue weighted by Gasteiger charge is 2.16. The van der Waals surface area contributed by atoms with Gasteiger partial charge in [-0.25, -0.2) is 22.5 Å². The van der Waals surface area contributed by atoms with Crippen LogP contribution in [-0.4, -0.2) is 4.98 Å². The van der Waals surface area contributed by atoms with Crippen molar-refractivity contribution in [3.8, 4) is 0 Å². The first-order valence-electron chi connectivity index (χ1n) is 4.23. The third kappa shape index (κ3) is 1.71. The SMILES string of the molecule is Fc1ccc2c(Cl)cc(C(F)F)nc2c1F. The van der Waals surface area contributed by atoms with E-state index in [1.807, 2.05) is 0 Å². The highest BCUT2D eigenvalue weighted by Crippen LogP contribution is 2.29. The Hall–Kier alpha value is -1.36. The lowest BCUT2D eigenvalue weighted by Gasteiger charge is -2.05. The summed E-state index contributed by atoms with van der Waals surface area (Å²) in [4.78, 5) is 3.35. The molecular weight excluding hydrogens is 246 g/mol. The minimum Gasteiger partial charge on any atom is -0.244 e. The zero-order valence-corrected chi connectivity index (χ0v) is 8.40. The van der Waals surface area contributed by atoms with Crippen molar-refractivity contribution in [2.75, 3.05) is 0 Å². The summed E-state index contributed by atoms with van der Waals surface area (Å²) in [5.74, 6) is -2.43. The molecule has 1 heterocycles. The average Bonchev–Trinajstić information content (AvgIpc) is 2.23. The molecule has 6 heteroatoms. The molecule has 2 rings (SSSR count). The number of hydrogen-bond donors (Lipinski definition) is 0. The summed E-state index contributed by atoms with van der Waals surface area (Å²) in [7, 11) is 0. The molecule has 1 aromatic carbocycles. The minimum atomic E-state index is -2.88. The molecule has 1 nitrogen and oxygen atoms in total. The molecule has 0 bridgehead atoms. The number of hydrogen-bond acceptors (Lipinski definition) is 1. The van der Waals surface area contributed by atoms with E-state index in [2.05, 4.69) is 4.98 Å². The highest BCUT2D eigenvalue weighted by molar-refractivity contribution is 6.35. The van der Waals surface area contributed by atoms with Crippen LogP contribution < -0.4 is 0 Å². The van der Waals surface area contributed by atoms with Crippen LogP contribution in [0.5, 0.6) is 0 Å². The molecule has 1 aromatic heterocycles. The molecule has 0 N–H and O–H groups in total. The Balaban J connectivity index is 2.83. The van der Waals surface area contributed by atoms with E-state index in [9.17, 15) is 17.6 Å². The zero-order chi connectivity index (χ0) is 11.9. The van der Waals surface area contributed by atoms with Gasteiger partial charge in [0.05, 0.1) is 5.02 Å². The number of halogens is 5. The van der Waals surface area contributed by atoms with Gasteiger partial charge in [0.25, 0.3) is 6.43 Å². The van der Waals surface area contributed by atoms with Crippen LogP contribution in [0.3, 0.4) is 0 Å². The molecule has 2 aromatic rings. The Morgan fingerprint density at radius 1 is 1.19 bits per heavy atom. The number of aromatic nitrogens is 1. The second kappa shape index (κ2) is 3.90. The summed E-state index contributed by atoms with van der Waals surface area (Å²) < 4.78 is 50.9. The molecule has 0 saturated carbocycles. The van der Waals surface area contributed by atoms with Gasteiger partial charge < -0.3 is 0 Å². The normalized spacial score (nSPS) is 11.4. The first kappa shape index (κ1) is 11.1. The Morgan fingerprint density at radius 3 is 2.50 bits per heavy atom. The van der Waals surface area contributed by atoms with Gasteiger partial charge in [-0.3, -0.25) is 0 Å². The standard InChI is InChI=1S/C10H4ClF4N/c11-5-3-7(10(14)15)16-9-4(5)1-2-6(12)8(9)13/h1-3,10H. The van der Waals surface area contributed by atoms with E-state index < -0.39 is 29.3 Å². The second-order valence-corrected chi connectivity index (χ2v) is 3.49. The fraction of sp³-hybridized carbons (Fsp3) is 0.100. The van der Waals surface area contributed by atoms with Crippen LogP contribution in [0.2, 0.25) is 5.02 Å². The van der Waals surface area contributed by atoms with Gasteiger partial charge in [0.2, 0.25) is 0 Å². The fourth-order valence-electron chi connectivity index (χ4n) is 1.32. The van der Waals surface area contributed by atoms with Crippen molar-refractivity contribution in [3.63, 3.8) is 0 Å². The van der Waals surface area contributed by atoms with Gasteiger partial charge in [-0.2, -0.15) is 0 Å². The number of rotatable bonds is 1. The molecule has 0 unspecified atom stereocenters. The van der Waals surface area contributed by atoms with Gasteiger partial charge >= 0.3 is 0 Å². The molecule has 0 atom stereocenters. The van der Waals surface area contributed by atoms with E-state index in [-0.39, 0.29) is 10.4 Å². The number of fused-ring (bicyclic) bond motifs is 1. The highest BCUT2D eigenvalue weighted by atomic mass is 35.5. The Labute approximate surface area is 92.7 Å². The summed E-state index contributed by atoms with van der Waals surface area (Å²) in [6, 6.07) is 3.00. The molecular formula is C10H4ClF4N. The molecule has 0 aliphatic heterocycles. The Morgan fingerprint density at radius 2 is 1.88 bits per heavy atom. The third-order valence-electron chi connectivity index (χ3n) is 2.07. The van der Waals surface area contributed by atoms with Crippen LogP contribution in [-0.2, 0) is 0 Å². The number of nitrogens with zero attached hydrogens (tertiary/aromatic N) is 1. The molecule has 0 amide bonds. The van der Waals surface area contributed by atoms with Gasteiger partial charge in [0.1, 0.15) is 11.2 Å². The van der Waals surface area contributed by atoms with Gasteiger partial charge in [0, 0.05) is 5.39 Å². The Bertz CT molecular complexity index is 556. The molecule has 0 aliphatic carbocycles. The van der Waals surface area contributed by atoms with Crippen molar-refractivity contribution in [2.45, 2.75) is 6.43 Å². The molecule has 0 spiro atoms. The monoisotopic (exact) mass is 249 g/mol. The summed E-state index contributed by atoms with van der Waals surface area (Å²) >= 11 is 5.67. The van der Waals surface area contributed by atoms with Crippen molar-refractivity contribution < 1.29 is 17.6 Å². The maximum absolute atomic E-state index is 13.3. The van der Waals surface area contributed by atoms with Crippen LogP contribution in [0.1, 0.15) is 12.1 Å². The van der Waals surface area contributed by atoms with Crippen LogP contribution in [0.4, 0.5) is 17.6 Å². The number of benzene rings is 1. The van der Waals surface area contributed by atoms with Crippen molar-refractivity contribution in [3.05, 3.63) is 40.6 Å². The molecule has 84 valence electrons. The quantitative estimate of drug-likeness (QED) is 0.693. The number of alkyl halides is 2. The van der Waals surface area contributed by atoms with Crippen molar-refractivity contribution in [1.29, 1.82) is 0 Å². The smallest absolute Gasteiger partial charge is 0.244 e. The largest absolute Gasteiger partial charge is 0.280 e. The van der Waals surface area contributed by atoms with Crippen LogP contribution in [0.25, 0.3) is 10.9 Å². The predicted octanol–water partition coefficient (Wildman–Crippen LogP) is 4.10. The topological polar surface area (TPSA) is 12.9 Å². The lowest BCUT2D eigenvalue weighted by Crippen LogP contribution is -1.95. The number of pyridine rings is 1. The van der Waals surface area contributed by atoms with E-state index in [1.165, 1.54) is 6.07 Å². The van der Waals surface area contributed by atoms with E-state index in [0.717, 1.165) is 12.1 Å². The fourth-order valence-corrected chi connectivity index (χ4v) is 1.59. The van der Waals surface area contributed by atoms with Crippen LogP contribution in [0.15, 0.2) is 18.2 Å². The lowest BCUT2D eigenvalue weighted by atomic mass is 10.2. The molecule has 0 aliphatic rings. The van der Waals surface area contributed by atoms with Crippen LogP contribution in [0, 0.1) is 11.6 Å². The predicted molar refractivity (Wildman–Crippen MR) is 51.6 cm³/mol. The third-order valence-corrected chi connectivity index (χ3v) is 2.38. The maximum atomic E-state index is 13.3. The lowest BCUT2D eigenvalue weighted by molar-refractivity contribution is 0.146. The van der Waals surface area contributed by atoms with Crippen molar-refractivity contribution in [2.24, 2.45) is 0 Å². The van der Waals surface area contributed by atoms with Gasteiger partial charge in [-0.1, -0.05) is 11.6 Å². The summed E-state index contributed by atoms with van der Waals surface area (Å²) in [5.41, 5.74) is -1.16. The summed E-state index contributed by atoms with van der Waals surface area (Å²) in [6.45, 7) is 0. The minimum absolute atomic E-state index is 0.0841. The zero-order valence-electron chi connectivity index (χ0n) is 7.65. The first-order chi connectivity index (χ1) is 7.50. The van der Waals surface area contributed by atoms with Gasteiger partial charge in [0.15, 0.2) is 11.6 Å². The molecule has 0 radical (unpaired) electrons. The second-order valence-electron chi connectivity index (χ2n) is 3.09. The van der Waals surface area contributed by atoms with E-state index in [1.54, 1.807) is 0 Å². The summed E-state index contributed by atoms with van der Waals surface area (Å²) in [5, 5.41) is 0.0177. The molecule has 16 heavy (non-hydrogen) atoms. The van der Waals surface area contributed by atoms with E-state index in [0.29, 0.717) is 0 Å². The van der Waals surface area contributed by atoms with Crippen molar-refractivity contribution in [1.82, 2.24) is 4.98 Å². The van der Waals surface area contributed by atoms with Crippen molar-refractivity contribution >= 4 is 22.5 Å².